The first-order chi connectivity index (χ1) is 15.3. The van der Waals surface area contributed by atoms with E-state index in [2.05, 4.69) is 5.32 Å². The number of rotatable bonds is 4. The van der Waals surface area contributed by atoms with Gasteiger partial charge in [0.15, 0.2) is 0 Å². The molecule has 6 heteroatoms. The topological polar surface area (TPSA) is 77.8 Å². The van der Waals surface area contributed by atoms with Gasteiger partial charge in [0.1, 0.15) is 22.7 Å². The van der Waals surface area contributed by atoms with Crippen LogP contribution in [0.4, 0.5) is 0 Å². The van der Waals surface area contributed by atoms with Gasteiger partial charge in [0.05, 0.1) is 17.1 Å². The average molecular weight is 452 g/mol. The van der Waals surface area contributed by atoms with Gasteiger partial charge in [-0.15, -0.1) is 0 Å². The highest BCUT2D eigenvalue weighted by Gasteiger charge is 2.41. The Bertz CT molecular complexity index is 1060. The minimum absolute atomic E-state index is 0.324. The summed E-state index contributed by atoms with van der Waals surface area (Å²) >= 11 is 0. The van der Waals surface area contributed by atoms with Crippen LogP contribution in [0.1, 0.15) is 67.1 Å². The zero-order valence-corrected chi connectivity index (χ0v) is 20.7. The van der Waals surface area contributed by atoms with Crippen LogP contribution in [0.5, 0.6) is 0 Å². The van der Waals surface area contributed by atoms with E-state index in [0.717, 1.165) is 5.56 Å². The molecule has 1 aromatic carbocycles. The maximum absolute atomic E-state index is 13.3. The molecule has 1 aromatic heterocycles. The summed E-state index contributed by atoms with van der Waals surface area (Å²) < 4.78 is 17.6. The van der Waals surface area contributed by atoms with Crippen LogP contribution in [-0.4, -0.2) is 23.1 Å². The number of carbonyl (C=O) groups excluding carboxylic acids is 2. The van der Waals surface area contributed by atoms with Crippen LogP contribution in [0, 0.1) is 0 Å². The Labute approximate surface area is 195 Å². The van der Waals surface area contributed by atoms with Crippen molar-refractivity contribution in [2.45, 2.75) is 72.5 Å². The standard InChI is InChI=1S/C27H33NO5/c1-16-21(24(29)32-26(3,4)5)23(22(17(2)28-16)25(30)33-27(6,7)8)20-15-14-19(31-20)18-12-10-9-11-13-18/h9-15,23,28H,1-8H3. The summed E-state index contributed by atoms with van der Waals surface area (Å²) in [4.78, 5) is 26.6. The lowest BCUT2D eigenvalue weighted by atomic mass is 9.83. The van der Waals surface area contributed by atoms with Crippen molar-refractivity contribution in [2.24, 2.45) is 0 Å². The molecule has 3 rings (SSSR count). The van der Waals surface area contributed by atoms with Gasteiger partial charge < -0.3 is 19.2 Å². The van der Waals surface area contributed by atoms with Gasteiger partial charge >= 0.3 is 11.9 Å². The third kappa shape index (κ3) is 5.75. The van der Waals surface area contributed by atoms with E-state index in [1.165, 1.54) is 0 Å². The molecule has 2 aromatic rings. The van der Waals surface area contributed by atoms with Gasteiger partial charge in [0.2, 0.25) is 0 Å². The average Bonchev–Trinajstić information content (AvgIpc) is 3.15. The maximum atomic E-state index is 13.3. The Hall–Kier alpha value is -3.28. The lowest BCUT2D eigenvalue weighted by Crippen LogP contribution is -2.36. The number of esters is 2. The van der Waals surface area contributed by atoms with Crippen molar-refractivity contribution >= 4 is 11.9 Å². The fourth-order valence-electron chi connectivity index (χ4n) is 3.75. The molecule has 0 spiro atoms. The van der Waals surface area contributed by atoms with Crippen molar-refractivity contribution in [1.82, 2.24) is 5.32 Å². The summed E-state index contributed by atoms with van der Waals surface area (Å²) in [6, 6.07) is 13.3. The summed E-state index contributed by atoms with van der Waals surface area (Å²) in [7, 11) is 0. The number of furan rings is 1. The number of hydrogen-bond acceptors (Lipinski definition) is 6. The van der Waals surface area contributed by atoms with Crippen molar-refractivity contribution in [1.29, 1.82) is 0 Å². The van der Waals surface area contributed by atoms with E-state index in [-0.39, 0.29) is 0 Å². The second-order valence-electron chi connectivity index (χ2n) is 10.2. The van der Waals surface area contributed by atoms with Gasteiger partial charge in [-0.2, -0.15) is 0 Å². The van der Waals surface area contributed by atoms with E-state index < -0.39 is 29.1 Å². The number of nitrogens with one attached hydrogen (secondary N) is 1. The van der Waals surface area contributed by atoms with Gasteiger partial charge in [-0.3, -0.25) is 0 Å². The summed E-state index contributed by atoms with van der Waals surface area (Å²) in [5, 5.41) is 3.17. The van der Waals surface area contributed by atoms with E-state index in [1.807, 2.05) is 77.9 Å². The molecule has 1 aliphatic rings. The van der Waals surface area contributed by atoms with Gasteiger partial charge in [-0.25, -0.2) is 9.59 Å². The lowest BCUT2D eigenvalue weighted by molar-refractivity contribution is -0.151. The zero-order valence-electron chi connectivity index (χ0n) is 20.7. The number of dihydropyridines is 1. The minimum Gasteiger partial charge on any atom is -0.460 e. The molecule has 0 fully saturated rings. The lowest BCUT2D eigenvalue weighted by Gasteiger charge is -2.32. The second-order valence-corrected chi connectivity index (χ2v) is 10.2. The summed E-state index contributed by atoms with van der Waals surface area (Å²) in [5.41, 5.74) is 1.37. The van der Waals surface area contributed by atoms with Crippen LogP contribution in [0.25, 0.3) is 11.3 Å². The van der Waals surface area contributed by atoms with Crippen LogP contribution in [-0.2, 0) is 19.1 Å². The molecule has 0 aliphatic carbocycles. The molecule has 0 radical (unpaired) electrons. The molecule has 0 unspecified atom stereocenters. The SMILES string of the molecule is CC1=C(C(=O)OC(C)(C)C)C(c2ccc(-c3ccccc3)o2)C(C(=O)OC(C)(C)C)=C(C)N1. The maximum Gasteiger partial charge on any atom is 0.337 e. The van der Waals surface area contributed by atoms with Crippen LogP contribution < -0.4 is 5.32 Å². The fraction of sp³-hybridized carbons (Fsp3) is 0.407. The molecule has 176 valence electrons. The molecule has 33 heavy (non-hydrogen) atoms. The molecule has 0 atom stereocenters. The van der Waals surface area contributed by atoms with Crippen LogP contribution in [0.2, 0.25) is 0 Å². The van der Waals surface area contributed by atoms with E-state index in [1.54, 1.807) is 19.9 Å². The van der Waals surface area contributed by atoms with E-state index in [9.17, 15) is 9.59 Å². The van der Waals surface area contributed by atoms with E-state index in [4.69, 9.17) is 13.9 Å². The number of benzene rings is 1. The predicted molar refractivity (Wildman–Crippen MR) is 127 cm³/mol. The van der Waals surface area contributed by atoms with Crippen molar-refractivity contribution in [3.63, 3.8) is 0 Å². The van der Waals surface area contributed by atoms with Crippen molar-refractivity contribution < 1.29 is 23.5 Å². The predicted octanol–water partition coefficient (Wildman–Crippen LogP) is 5.86. The van der Waals surface area contributed by atoms with Crippen LogP contribution >= 0.6 is 0 Å². The normalized spacial score (nSPS) is 15.4. The minimum atomic E-state index is -0.770. The first-order valence-electron chi connectivity index (χ1n) is 11.1. The van der Waals surface area contributed by atoms with Crippen molar-refractivity contribution in [2.75, 3.05) is 0 Å². The first-order valence-corrected chi connectivity index (χ1v) is 11.1. The molecule has 0 amide bonds. The Kier molecular flexibility index (Phi) is 6.59. The molecule has 0 saturated heterocycles. The molecule has 1 aliphatic heterocycles. The monoisotopic (exact) mass is 451 g/mol. The third-order valence-corrected chi connectivity index (χ3v) is 4.97. The van der Waals surface area contributed by atoms with Crippen molar-refractivity contribution in [3.05, 3.63) is 70.8 Å². The van der Waals surface area contributed by atoms with E-state index in [0.29, 0.717) is 34.1 Å². The molecule has 6 nitrogen and oxygen atoms in total. The van der Waals surface area contributed by atoms with Gasteiger partial charge in [0.25, 0.3) is 0 Å². The molecule has 1 N–H and O–H groups in total. The molecule has 0 bridgehead atoms. The van der Waals surface area contributed by atoms with Gasteiger partial charge in [0, 0.05) is 17.0 Å². The molecule has 0 saturated carbocycles. The first kappa shape index (κ1) is 24.4. The quantitative estimate of drug-likeness (QED) is 0.586. The van der Waals surface area contributed by atoms with Crippen LogP contribution in [0.3, 0.4) is 0 Å². The Balaban J connectivity index is 2.14. The summed E-state index contributed by atoms with van der Waals surface area (Å²) in [6.45, 7) is 14.4. The highest BCUT2D eigenvalue weighted by Crippen LogP contribution is 2.42. The third-order valence-electron chi connectivity index (χ3n) is 4.97. The number of allylic oxidation sites excluding steroid dienone is 2. The van der Waals surface area contributed by atoms with Crippen LogP contribution in [0.15, 0.2) is 69.4 Å². The largest absolute Gasteiger partial charge is 0.460 e. The van der Waals surface area contributed by atoms with Gasteiger partial charge in [-0.05, 0) is 67.5 Å². The van der Waals surface area contributed by atoms with Gasteiger partial charge in [-0.1, -0.05) is 30.3 Å². The highest BCUT2D eigenvalue weighted by molar-refractivity contribution is 6.00. The summed E-state index contributed by atoms with van der Waals surface area (Å²) in [6.07, 6.45) is 0. The number of carbonyl (C=O) groups is 2. The highest BCUT2D eigenvalue weighted by atomic mass is 16.6. The molecular weight excluding hydrogens is 418 g/mol. The Morgan fingerprint density at radius 2 is 1.27 bits per heavy atom. The smallest absolute Gasteiger partial charge is 0.337 e. The molecule has 2 heterocycles. The number of ether oxygens (including phenoxy) is 2. The second kappa shape index (κ2) is 8.93. The fourth-order valence-corrected chi connectivity index (χ4v) is 3.75. The zero-order chi connectivity index (χ0) is 24.6. The van der Waals surface area contributed by atoms with E-state index >= 15 is 0 Å². The Morgan fingerprint density at radius 1 is 0.788 bits per heavy atom. The molecular formula is C27H33NO5. The Morgan fingerprint density at radius 3 is 1.73 bits per heavy atom. The summed E-state index contributed by atoms with van der Waals surface area (Å²) in [5.74, 6) is -0.678. The number of hydrogen-bond donors (Lipinski definition) is 1. The van der Waals surface area contributed by atoms with Crippen molar-refractivity contribution in [3.8, 4) is 11.3 Å².